The number of benzene rings is 2. The van der Waals surface area contributed by atoms with Gasteiger partial charge in [0.15, 0.2) is 16.6 Å². The highest BCUT2D eigenvalue weighted by Gasteiger charge is 2.14. The molecule has 3 aromatic heterocycles. The molecule has 0 aliphatic carbocycles. The SMILES string of the molecule is Cc1cc(C)n(CCc2nc3c4ccccc4nc(SCc4cccc(Cl)c4)n3n2)n1. The minimum atomic E-state index is 0.705. The smallest absolute Gasteiger partial charge is 0.191 e. The molecule has 156 valence electrons. The molecule has 0 atom stereocenters. The van der Waals surface area contributed by atoms with Crippen LogP contribution in [0.3, 0.4) is 0 Å². The summed E-state index contributed by atoms with van der Waals surface area (Å²) < 4.78 is 3.88. The van der Waals surface area contributed by atoms with E-state index in [1.807, 2.05) is 58.6 Å². The molecular weight excluding hydrogens is 428 g/mol. The molecule has 5 aromatic rings. The largest absolute Gasteiger partial charge is 0.269 e. The van der Waals surface area contributed by atoms with Crippen LogP contribution in [0.5, 0.6) is 0 Å². The van der Waals surface area contributed by atoms with Crippen LogP contribution in [0, 0.1) is 13.8 Å². The van der Waals surface area contributed by atoms with Gasteiger partial charge in [-0.25, -0.2) is 9.97 Å². The molecule has 6 nitrogen and oxygen atoms in total. The van der Waals surface area contributed by atoms with Crippen molar-refractivity contribution < 1.29 is 0 Å². The highest BCUT2D eigenvalue weighted by molar-refractivity contribution is 7.98. The molecule has 0 aliphatic rings. The second-order valence-corrected chi connectivity index (χ2v) is 8.87. The quantitative estimate of drug-likeness (QED) is 0.261. The van der Waals surface area contributed by atoms with Crippen molar-refractivity contribution in [2.45, 2.75) is 37.7 Å². The molecule has 0 saturated carbocycles. The van der Waals surface area contributed by atoms with Gasteiger partial charge in [0.05, 0.1) is 11.2 Å². The molecule has 0 bridgehead atoms. The van der Waals surface area contributed by atoms with Crippen LogP contribution in [0.4, 0.5) is 0 Å². The highest BCUT2D eigenvalue weighted by Crippen LogP contribution is 2.27. The Morgan fingerprint density at radius 2 is 1.84 bits per heavy atom. The van der Waals surface area contributed by atoms with E-state index in [9.17, 15) is 0 Å². The first-order valence-electron chi connectivity index (χ1n) is 10.1. The summed E-state index contributed by atoms with van der Waals surface area (Å²) in [5.74, 6) is 1.54. The number of halogens is 1. The number of rotatable bonds is 6. The highest BCUT2D eigenvalue weighted by atomic mass is 35.5. The summed E-state index contributed by atoms with van der Waals surface area (Å²) in [4.78, 5) is 9.72. The van der Waals surface area contributed by atoms with E-state index in [0.717, 1.165) is 61.8 Å². The molecule has 0 fully saturated rings. The van der Waals surface area contributed by atoms with Gasteiger partial charge in [-0.1, -0.05) is 47.6 Å². The third-order valence-corrected chi connectivity index (χ3v) is 6.34. The Labute approximate surface area is 189 Å². The van der Waals surface area contributed by atoms with Gasteiger partial charge in [0.1, 0.15) is 0 Å². The molecule has 5 rings (SSSR count). The second kappa shape index (κ2) is 8.32. The lowest BCUT2D eigenvalue weighted by molar-refractivity contribution is 0.580. The monoisotopic (exact) mass is 448 g/mol. The first-order chi connectivity index (χ1) is 15.1. The summed E-state index contributed by atoms with van der Waals surface area (Å²) in [7, 11) is 0. The minimum absolute atomic E-state index is 0.705. The van der Waals surface area contributed by atoms with Gasteiger partial charge in [-0.3, -0.25) is 4.68 Å². The summed E-state index contributed by atoms with van der Waals surface area (Å²) in [5.41, 5.74) is 5.07. The van der Waals surface area contributed by atoms with Crippen molar-refractivity contribution in [2.75, 3.05) is 0 Å². The maximum absolute atomic E-state index is 6.14. The van der Waals surface area contributed by atoms with Crippen molar-refractivity contribution in [3.05, 3.63) is 82.4 Å². The maximum atomic E-state index is 6.14. The third-order valence-electron chi connectivity index (χ3n) is 5.10. The number of nitrogens with zero attached hydrogens (tertiary/aromatic N) is 6. The van der Waals surface area contributed by atoms with Gasteiger partial charge in [-0.05, 0) is 49.7 Å². The number of fused-ring (bicyclic) bond motifs is 3. The van der Waals surface area contributed by atoms with Crippen LogP contribution >= 0.6 is 23.4 Å². The van der Waals surface area contributed by atoms with Crippen LogP contribution in [-0.4, -0.2) is 29.4 Å². The van der Waals surface area contributed by atoms with Crippen LogP contribution in [0.1, 0.15) is 22.8 Å². The lowest BCUT2D eigenvalue weighted by Gasteiger charge is -2.06. The molecule has 0 amide bonds. The lowest BCUT2D eigenvalue weighted by Crippen LogP contribution is -2.06. The average molecular weight is 449 g/mol. The molecule has 0 spiro atoms. The van der Waals surface area contributed by atoms with E-state index in [2.05, 4.69) is 24.2 Å². The fourth-order valence-corrected chi connectivity index (χ4v) is 4.75. The van der Waals surface area contributed by atoms with Gasteiger partial charge < -0.3 is 0 Å². The van der Waals surface area contributed by atoms with Gasteiger partial charge >= 0.3 is 0 Å². The lowest BCUT2D eigenvalue weighted by atomic mass is 10.2. The zero-order valence-corrected chi connectivity index (χ0v) is 18.9. The first-order valence-corrected chi connectivity index (χ1v) is 11.5. The number of para-hydroxylation sites is 1. The Morgan fingerprint density at radius 3 is 2.65 bits per heavy atom. The van der Waals surface area contributed by atoms with E-state index >= 15 is 0 Å². The zero-order chi connectivity index (χ0) is 21.4. The summed E-state index contributed by atoms with van der Waals surface area (Å²) in [6.45, 7) is 4.82. The van der Waals surface area contributed by atoms with E-state index in [4.69, 9.17) is 26.7 Å². The molecular formula is C23H21ClN6S. The molecule has 0 saturated heterocycles. The fraction of sp³-hybridized carbons (Fsp3) is 0.217. The van der Waals surface area contributed by atoms with E-state index in [1.165, 1.54) is 0 Å². The Hall–Kier alpha value is -2.90. The number of aryl methyl sites for hydroxylation is 4. The van der Waals surface area contributed by atoms with Gasteiger partial charge in [0, 0.05) is 34.8 Å². The van der Waals surface area contributed by atoms with Crippen molar-refractivity contribution in [1.82, 2.24) is 29.4 Å². The van der Waals surface area contributed by atoms with E-state index in [0.29, 0.717) is 6.42 Å². The topological polar surface area (TPSA) is 60.9 Å². The Kier molecular flexibility index (Phi) is 5.38. The van der Waals surface area contributed by atoms with E-state index in [1.54, 1.807) is 11.8 Å². The number of hydrogen-bond acceptors (Lipinski definition) is 5. The molecule has 0 unspecified atom stereocenters. The van der Waals surface area contributed by atoms with Gasteiger partial charge in [0.25, 0.3) is 0 Å². The summed E-state index contributed by atoms with van der Waals surface area (Å²) in [5, 5.41) is 11.9. The maximum Gasteiger partial charge on any atom is 0.191 e. The van der Waals surface area contributed by atoms with E-state index < -0.39 is 0 Å². The molecule has 8 heteroatoms. The van der Waals surface area contributed by atoms with Gasteiger partial charge in [0.2, 0.25) is 0 Å². The predicted molar refractivity (Wildman–Crippen MR) is 125 cm³/mol. The van der Waals surface area contributed by atoms with Crippen LogP contribution in [-0.2, 0) is 18.7 Å². The van der Waals surface area contributed by atoms with Gasteiger partial charge in [-0.2, -0.15) is 9.61 Å². The van der Waals surface area contributed by atoms with E-state index in [-0.39, 0.29) is 0 Å². The van der Waals surface area contributed by atoms with Gasteiger partial charge in [-0.15, -0.1) is 5.10 Å². The number of aromatic nitrogens is 6. The van der Waals surface area contributed by atoms with Crippen LogP contribution < -0.4 is 0 Å². The Balaban J connectivity index is 1.49. The average Bonchev–Trinajstić information content (AvgIpc) is 3.33. The standard InChI is InChI=1S/C23H21ClN6S/c1-15-12-16(2)29(27-15)11-10-21-26-22-19-8-3-4-9-20(19)25-23(30(22)28-21)31-14-17-6-5-7-18(24)13-17/h3-9,12-13H,10-11,14H2,1-2H3. The molecule has 0 aliphatic heterocycles. The second-order valence-electron chi connectivity index (χ2n) is 7.49. The van der Waals surface area contributed by atoms with Crippen molar-refractivity contribution in [2.24, 2.45) is 0 Å². The minimum Gasteiger partial charge on any atom is -0.269 e. The molecule has 31 heavy (non-hydrogen) atoms. The number of hydrogen-bond donors (Lipinski definition) is 0. The summed E-state index contributed by atoms with van der Waals surface area (Å²) in [6.07, 6.45) is 0.705. The van der Waals surface area contributed by atoms with Crippen LogP contribution in [0.25, 0.3) is 16.6 Å². The van der Waals surface area contributed by atoms with Crippen LogP contribution in [0.2, 0.25) is 5.02 Å². The Bertz CT molecular complexity index is 1390. The van der Waals surface area contributed by atoms with Crippen molar-refractivity contribution in [1.29, 1.82) is 0 Å². The van der Waals surface area contributed by atoms with Crippen molar-refractivity contribution >= 4 is 39.9 Å². The predicted octanol–water partition coefficient (Wildman–Crippen LogP) is 5.28. The van der Waals surface area contributed by atoms with Crippen molar-refractivity contribution in [3.8, 4) is 0 Å². The summed E-state index contributed by atoms with van der Waals surface area (Å²) >= 11 is 7.77. The molecule has 2 aromatic carbocycles. The van der Waals surface area contributed by atoms with Crippen molar-refractivity contribution in [3.63, 3.8) is 0 Å². The molecule has 3 heterocycles. The normalized spacial score (nSPS) is 11.6. The molecule has 0 N–H and O–H groups in total. The number of thioether (sulfide) groups is 1. The zero-order valence-electron chi connectivity index (χ0n) is 17.3. The summed E-state index contributed by atoms with van der Waals surface area (Å²) in [6, 6.07) is 18.0. The molecule has 0 radical (unpaired) electrons. The third kappa shape index (κ3) is 4.16. The van der Waals surface area contributed by atoms with Crippen LogP contribution in [0.15, 0.2) is 59.8 Å². The first kappa shape index (κ1) is 20.0. The Morgan fingerprint density at radius 1 is 0.968 bits per heavy atom. The fourth-order valence-electron chi connectivity index (χ4n) is 3.65.